The molecule has 2 rings (SSSR count). The molecule has 0 aromatic heterocycles. The molecule has 2 heteroatoms. The van der Waals surface area contributed by atoms with Gasteiger partial charge in [-0.2, -0.15) is 0 Å². The van der Waals surface area contributed by atoms with Crippen LogP contribution in [0.4, 0.5) is 0 Å². The lowest BCUT2D eigenvalue weighted by Crippen LogP contribution is -2.36. The lowest BCUT2D eigenvalue weighted by molar-refractivity contribution is 0.221. The Morgan fingerprint density at radius 3 is 2.50 bits per heavy atom. The van der Waals surface area contributed by atoms with E-state index < -0.39 is 0 Å². The summed E-state index contributed by atoms with van der Waals surface area (Å²) in [4.78, 5) is 2.41. The standard InChI is InChI=1S/C16H26N2/c1-11-5-6-15(9-12(11)2)16(17)10-18(4)13(3)14-7-8-14/h5-6,9,13-14,16H,7-8,10,17H2,1-4H3. The second kappa shape index (κ2) is 5.41. The van der Waals surface area contributed by atoms with Gasteiger partial charge in [0, 0.05) is 18.6 Å². The summed E-state index contributed by atoms with van der Waals surface area (Å²) in [5.74, 6) is 0.905. The first-order chi connectivity index (χ1) is 8.49. The monoisotopic (exact) mass is 246 g/mol. The highest BCUT2D eigenvalue weighted by Crippen LogP contribution is 2.35. The summed E-state index contributed by atoms with van der Waals surface area (Å²) in [5, 5.41) is 0. The van der Waals surface area contributed by atoms with Crippen LogP contribution in [0.5, 0.6) is 0 Å². The maximum absolute atomic E-state index is 6.33. The van der Waals surface area contributed by atoms with E-state index in [1.807, 2.05) is 0 Å². The van der Waals surface area contributed by atoms with Crippen LogP contribution in [0.3, 0.4) is 0 Å². The molecule has 2 nitrogen and oxygen atoms in total. The zero-order valence-corrected chi connectivity index (χ0v) is 12.1. The lowest BCUT2D eigenvalue weighted by atomic mass is 10.0. The van der Waals surface area contributed by atoms with Gasteiger partial charge in [0.2, 0.25) is 0 Å². The van der Waals surface area contributed by atoms with E-state index in [1.54, 1.807) is 0 Å². The predicted octanol–water partition coefficient (Wildman–Crippen LogP) is 3.03. The number of aryl methyl sites for hydroxylation is 2. The summed E-state index contributed by atoms with van der Waals surface area (Å²) in [6.07, 6.45) is 2.79. The highest BCUT2D eigenvalue weighted by molar-refractivity contribution is 5.31. The number of likely N-dealkylation sites (N-methyl/N-ethyl adjacent to an activating group) is 1. The summed E-state index contributed by atoms with van der Waals surface area (Å²) in [5.41, 5.74) is 10.3. The minimum atomic E-state index is 0.121. The van der Waals surface area contributed by atoms with Crippen molar-refractivity contribution in [2.24, 2.45) is 11.7 Å². The van der Waals surface area contributed by atoms with Crippen LogP contribution in [0.25, 0.3) is 0 Å². The smallest absolute Gasteiger partial charge is 0.0424 e. The number of hydrogen-bond acceptors (Lipinski definition) is 2. The summed E-state index contributed by atoms with van der Waals surface area (Å²) < 4.78 is 0. The minimum Gasteiger partial charge on any atom is -0.323 e. The van der Waals surface area contributed by atoms with Gasteiger partial charge in [-0.05, 0) is 63.3 Å². The molecule has 0 amide bonds. The predicted molar refractivity (Wildman–Crippen MR) is 77.7 cm³/mol. The van der Waals surface area contributed by atoms with Gasteiger partial charge in [-0.25, -0.2) is 0 Å². The molecule has 100 valence electrons. The molecule has 1 fully saturated rings. The van der Waals surface area contributed by atoms with Crippen molar-refractivity contribution in [2.75, 3.05) is 13.6 Å². The van der Waals surface area contributed by atoms with Crippen LogP contribution < -0.4 is 5.73 Å². The number of benzene rings is 1. The summed E-state index contributed by atoms with van der Waals surface area (Å²) in [7, 11) is 2.20. The van der Waals surface area contributed by atoms with Crippen molar-refractivity contribution in [2.45, 2.75) is 45.7 Å². The molecular weight excluding hydrogens is 220 g/mol. The molecule has 1 aromatic carbocycles. The van der Waals surface area contributed by atoms with Crippen molar-refractivity contribution in [1.82, 2.24) is 4.90 Å². The van der Waals surface area contributed by atoms with E-state index in [2.05, 4.69) is 50.9 Å². The first kappa shape index (κ1) is 13.6. The zero-order valence-electron chi connectivity index (χ0n) is 12.1. The molecule has 0 aliphatic heterocycles. The Kier molecular flexibility index (Phi) is 4.08. The largest absolute Gasteiger partial charge is 0.323 e. The van der Waals surface area contributed by atoms with Gasteiger partial charge in [0.25, 0.3) is 0 Å². The van der Waals surface area contributed by atoms with E-state index in [-0.39, 0.29) is 6.04 Å². The Balaban J connectivity index is 1.97. The third-order valence-corrected chi connectivity index (χ3v) is 4.44. The molecule has 1 aliphatic rings. The van der Waals surface area contributed by atoms with E-state index in [0.29, 0.717) is 6.04 Å². The summed E-state index contributed by atoms with van der Waals surface area (Å²) >= 11 is 0. The van der Waals surface area contributed by atoms with Crippen LogP contribution in [0.2, 0.25) is 0 Å². The van der Waals surface area contributed by atoms with Gasteiger partial charge >= 0.3 is 0 Å². The fourth-order valence-electron chi connectivity index (χ4n) is 2.52. The molecule has 0 bridgehead atoms. The second-order valence-corrected chi connectivity index (χ2v) is 5.97. The molecule has 1 aliphatic carbocycles. The Labute approximate surface area is 111 Å². The summed E-state index contributed by atoms with van der Waals surface area (Å²) in [6.45, 7) is 7.57. The van der Waals surface area contributed by atoms with Crippen LogP contribution in [-0.2, 0) is 0 Å². The molecule has 0 spiro atoms. The van der Waals surface area contributed by atoms with E-state index >= 15 is 0 Å². The summed E-state index contributed by atoms with van der Waals surface area (Å²) in [6, 6.07) is 7.37. The Bertz CT molecular complexity index is 410. The fraction of sp³-hybridized carbons (Fsp3) is 0.625. The molecule has 2 N–H and O–H groups in total. The van der Waals surface area contributed by atoms with Crippen molar-refractivity contribution >= 4 is 0 Å². The van der Waals surface area contributed by atoms with Crippen LogP contribution >= 0.6 is 0 Å². The van der Waals surface area contributed by atoms with E-state index in [4.69, 9.17) is 5.73 Å². The number of nitrogens with two attached hydrogens (primary N) is 1. The Hall–Kier alpha value is -0.860. The zero-order chi connectivity index (χ0) is 13.3. The van der Waals surface area contributed by atoms with Crippen molar-refractivity contribution in [1.29, 1.82) is 0 Å². The van der Waals surface area contributed by atoms with Crippen molar-refractivity contribution < 1.29 is 0 Å². The normalized spacial score (nSPS) is 19.0. The number of rotatable bonds is 5. The molecule has 2 atom stereocenters. The first-order valence-corrected chi connectivity index (χ1v) is 7.02. The van der Waals surface area contributed by atoms with Crippen molar-refractivity contribution in [3.05, 3.63) is 34.9 Å². The average Bonchev–Trinajstić information content (AvgIpc) is 3.15. The Morgan fingerprint density at radius 2 is 1.94 bits per heavy atom. The first-order valence-electron chi connectivity index (χ1n) is 7.02. The highest BCUT2D eigenvalue weighted by atomic mass is 15.1. The molecule has 18 heavy (non-hydrogen) atoms. The highest BCUT2D eigenvalue weighted by Gasteiger charge is 2.30. The molecule has 1 aromatic rings. The third-order valence-electron chi connectivity index (χ3n) is 4.44. The minimum absolute atomic E-state index is 0.121. The van der Waals surface area contributed by atoms with Gasteiger partial charge in [0.1, 0.15) is 0 Å². The molecular formula is C16H26N2. The van der Waals surface area contributed by atoms with Gasteiger partial charge in [-0.15, -0.1) is 0 Å². The molecule has 0 saturated heterocycles. The van der Waals surface area contributed by atoms with E-state index in [9.17, 15) is 0 Å². The van der Waals surface area contributed by atoms with Gasteiger partial charge in [-0.1, -0.05) is 18.2 Å². The number of nitrogens with zero attached hydrogens (tertiary/aromatic N) is 1. The second-order valence-electron chi connectivity index (χ2n) is 5.97. The van der Waals surface area contributed by atoms with Gasteiger partial charge in [0.05, 0.1) is 0 Å². The van der Waals surface area contributed by atoms with Crippen molar-refractivity contribution in [3.63, 3.8) is 0 Å². The lowest BCUT2D eigenvalue weighted by Gasteiger charge is -2.27. The van der Waals surface area contributed by atoms with Crippen LogP contribution in [-0.4, -0.2) is 24.5 Å². The maximum atomic E-state index is 6.33. The van der Waals surface area contributed by atoms with Crippen LogP contribution in [0.1, 0.15) is 42.5 Å². The fourth-order valence-corrected chi connectivity index (χ4v) is 2.52. The quantitative estimate of drug-likeness (QED) is 0.865. The van der Waals surface area contributed by atoms with Gasteiger partial charge in [0.15, 0.2) is 0 Å². The molecule has 2 unspecified atom stereocenters. The average molecular weight is 246 g/mol. The molecule has 0 heterocycles. The van der Waals surface area contributed by atoms with Gasteiger partial charge < -0.3 is 10.6 Å². The van der Waals surface area contributed by atoms with Crippen LogP contribution in [0, 0.1) is 19.8 Å². The Morgan fingerprint density at radius 1 is 1.28 bits per heavy atom. The van der Waals surface area contributed by atoms with Crippen LogP contribution in [0.15, 0.2) is 18.2 Å². The van der Waals surface area contributed by atoms with E-state index in [1.165, 1.54) is 29.5 Å². The molecule has 1 saturated carbocycles. The third kappa shape index (κ3) is 3.12. The van der Waals surface area contributed by atoms with Gasteiger partial charge in [-0.3, -0.25) is 0 Å². The SMILES string of the molecule is Cc1ccc(C(N)CN(C)C(C)C2CC2)cc1C. The van der Waals surface area contributed by atoms with E-state index in [0.717, 1.165) is 12.5 Å². The molecule has 0 radical (unpaired) electrons. The van der Waals surface area contributed by atoms with Crippen molar-refractivity contribution in [3.8, 4) is 0 Å². The topological polar surface area (TPSA) is 29.3 Å². The number of hydrogen-bond donors (Lipinski definition) is 1. The maximum Gasteiger partial charge on any atom is 0.0424 e.